The lowest BCUT2D eigenvalue weighted by Crippen LogP contribution is -2.58. The van der Waals surface area contributed by atoms with Crippen LogP contribution in [0.15, 0.2) is 18.2 Å². The molecule has 4 rings (SSSR count). The smallest absolute Gasteiger partial charge is 0.240 e. The van der Waals surface area contributed by atoms with Gasteiger partial charge in [0.05, 0.1) is 16.2 Å². The highest BCUT2D eigenvalue weighted by molar-refractivity contribution is 6.35. The number of nitrogens with one attached hydrogen (secondary N) is 1. The first-order valence-corrected chi connectivity index (χ1v) is 8.63. The van der Waals surface area contributed by atoms with Crippen LogP contribution in [-0.2, 0) is 18.4 Å². The molecule has 2 aliphatic heterocycles. The summed E-state index contributed by atoms with van der Waals surface area (Å²) >= 11 is 6.42. The summed E-state index contributed by atoms with van der Waals surface area (Å²) in [6.07, 6.45) is 3.99. The number of hydrogen-bond donors (Lipinski definition) is 1. The number of aryl methyl sites for hydroxylation is 1. The van der Waals surface area contributed by atoms with E-state index in [4.69, 9.17) is 11.6 Å². The third-order valence-electron chi connectivity index (χ3n) is 5.34. The van der Waals surface area contributed by atoms with Crippen molar-refractivity contribution >= 4 is 28.4 Å². The predicted octanol–water partition coefficient (Wildman–Crippen LogP) is 2.47. The maximum absolute atomic E-state index is 12.6. The van der Waals surface area contributed by atoms with Crippen LogP contribution in [0.2, 0.25) is 5.02 Å². The Labute approximate surface area is 140 Å². The molecule has 1 amide bonds. The van der Waals surface area contributed by atoms with E-state index >= 15 is 0 Å². The summed E-state index contributed by atoms with van der Waals surface area (Å²) in [5.74, 6) is 0.188. The Morgan fingerprint density at radius 2 is 2.17 bits per heavy atom. The van der Waals surface area contributed by atoms with E-state index in [2.05, 4.69) is 15.3 Å². The lowest BCUT2D eigenvalue weighted by molar-refractivity contribution is -0.134. The molecule has 2 aromatic rings. The first-order valence-electron chi connectivity index (χ1n) is 8.25. The summed E-state index contributed by atoms with van der Waals surface area (Å²) in [6.45, 7) is 2.41. The van der Waals surface area contributed by atoms with Gasteiger partial charge in [0.1, 0.15) is 5.54 Å². The van der Waals surface area contributed by atoms with E-state index in [0.29, 0.717) is 6.54 Å². The van der Waals surface area contributed by atoms with Gasteiger partial charge < -0.3 is 5.32 Å². The average Bonchev–Trinajstić information content (AvgIpc) is 3.07. The molecule has 122 valence electrons. The van der Waals surface area contributed by atoms with Crippen LogP contribution >= 0.6 is 11.6 Å². The third-order valence-corrected chi connectivity index (χ3v) is 5.65. The standard InChI is InChI=1S/C17H21ClN4O/c1-21-14-6-2-5-12(18)15(14)13(20-21)11-22-10-4-8-17(22)7-3-9-19-16(17)23/h2,5-6H,3-4,7-11H2,1H3,(H,19,23). The second kappa shape index (κ2) is 5.49. The number of amides is 1. The van der Waals surface area contributed by atoms with Gasteiger partial charge in [0, 0.05) is 25.5 Å². The highest BCUT2D eigenvalue weighted by Gasteiger charge is 2.48. The van der Waals surface area contributed by atoms with Gasteiger partial charge in [0.2, 0.25) is 5.91 Å². The Morgan fingerprint density at radius 1 is 1.35 bits per heavy atom. The van der Waals surface area contributed by atoms with Crippen LogP contribution in [0, 0.1) is 0 Å². The molecule has 2 saturated heterocycles. The van der Waals surface area contributed by atoms with Crippen molar-refractivity contribution in [1.29, 1.82) is 0 Å². The van der Waals surface area contributed by atoms with Crippen molar-refractivity contribution in [3.8, 4) is 0 Å². The molecule has 1 atom stereocenters. The highest BCUT2D eigenvalue weighted by atomic mass is 35.5. The minimum Gasteiger partial charge on any atom is -0.354 e. The number of carbonyl (C=O) groups excluding carboxylic acids is 1. The number of benzene rings is 1. The fourth-order valence-corrected chi connectivity index (χ4v) is 4.49. The number of nitrogens with zero attached hydrogens (tertiary/aromatic N) is 3. The van der Waals surface area contributed by atoms with E-state index in [0.717, 1.165) is 60.4 Å². The minimum absolute atomic E-state index is 0.188. The number of rotatable bonds is 2. The van der Waals surface area contributed by atoms with Gasteiger partial charge in [0.15, 0.2) is 0 Å². The molecular formula is C17H21ClN4O. The van der Waals surface area contributed by atoms with E-state index in [1.54, 1.807) is 0 Å². The number of fused-ring (bicyclic) bond motifs is 1. The average molecular weight is 333 g/mol. The fourth-order valence-electron chi connectivity index (χ4n) is 4.21. The molecule has 1 unspecified atom stereocenters. The summed E-state index contributed by atoms with van der Waals surface area (Å²) in [5.41, 5.74) is 1.66. The topological polar surface area (TPSA) is 50.2 Å². The fraction of sp³-hybridized carbons (Fsp3) is 0.529. The first kappa shape index (κ1) is 15.0. The molecule has 0 saturated carbocycles. The Balaban J connectivity index is 1.72. The number of halogens is 1. The zero-order chi connectivity index (χ0) is 16.0. The number of carbonyl (C=O) groups is 1. The minimum atomic E-state index is -0.344. The van der Waals surface area contributed by atoms with Gasteiger partial charge in [-0.05, 0) is 44.4 Å². The monoisotopic (exact) mass is 332 g/mol. The molecule has 1 aromatic carbocycles. The quantitative estimate of drug-likeness (QED) is 0.919. The summed E-state index contributed by atoms with van der Waals surface area (Å²) in [5, 5.41) is 9.47. The summed E-state index contributed by atoms with van der Waals surface area (Å²) in [6, 6.07) is 5.88. The molecule has 6 heteroatoms. The SMILES string of the molecule is Cn1nc(CN2CCCC23CCCNC3=O)c2c(Cl)cccc21. The van der Waals surface area contributed by atoms with Crippen molar-refractivity contribution in [3.05, 3.63) is 28.9 Å². The van der Waals surface area contributed by atoms with Gasteiger partial charge in [-0.15, -0.1) is 0 Å². The Bertz CT molecular complexity index is 771. The third kappa shape index (κ3) is 2.25. The molecular weight excluding hydrogens is 312 g/mol. The number of piperidine rings is 1. The number of hydrogen-bond acceptors (Lipinski definition) is 3. The van der Waals surface area contributed by atoms with Crippen LogP contribution in [0.1, 0.15) is 31.4 Å². The normalized spacial score (nSPS) is 25.4. The molecule has 5 nitrogen and oxygen atoms in total. The van der Waals surface area contributed by atoms with E-state index in [-0.39, 0.29) is 11.4 Å². The second-order valence-electron chi connectivity index (χ2n) is 6.62. The van der Waals surface area contributed by atoms with E-state index in [1.165, 1.54) is 0 Å². The van der Waals surface area contributed by atoms with Gasteiger partial charge in [-0.1, -0.05) is 17.7 Å². The zero-order valence-corrected chi connectivity index (χ0v) is 14.1. The predicted molar refractivity (Wildman–Crippen MR) is 90.3 cm³/mol. The molecule has 3 heterocycles. The second-order valence-corrected chi connectivity index (χ2v) is 7.03. The largest absolute Gasteiger partial charge is 0.354 e. The molecule has 23 heavy (non-hydrogen) atoms. The zero-order valence-electron chi connectivity index (χ0n) is 13.3. The van der Waals surface area contributed by atoms with Gasteiger partial charge in [-0.2, -0.15) is 5.10 Å². The number of aromatic nitrogens is 2. The molecule has 0 radical (unpaired) electrons. The van der Waals surface area contributed by atoms with Crippen LogP contribution < -0.4 is 5.32 Å². The van der Waals surface area contributed by atoms with Crippen molar-refractivity contribution in [3.63, 3.8) is 0 Å². The van der Waals surface area contributed by atoms with Crippen molar-refractivity contribution in [2.24, 2.45) is 7.05 Å². The lowest BCUT2D eigenvalue weighted by atomic mass is 9.86. The molecule has 2 aliphatic rings. The van der Waals surface area contributed by atoms with Crippen LogP contribution in [0.4, 0.5) is 0 Å². The first-order chi connectivity index (χ1) is 11.1. The number of likely N-dealkylation sites (tertiary alicyclic amines) is 1. The molecule has 2 fully saturated rings. The van der Waals surface area contributed by atoms with Gasteiger partial charge in [0.25, 0.3) is 0 Å². The Kier molecular flexibility index (Phi) is 3.58. The Hall–Kier alpha value is -1.59. The maximum Gasteiger partial charge on any atom is 0.240 e. The van der Waals surface area contributed by atoms with E-state index in [1.807, 2.05) is 29.9 Å². The van der Waals surface area contributed by atoms with Gasteiger partial charge >= 0.3 is 0 Å². The molecule has 1 aromatic heterocycles. The summed E-state index contributed by atoms with van der Waals surface area (Å²) < 4.78 is 1.88. The van der Waals surface area contributed by atoms with Crippen LogP contribution in [0.25, 0.3) is 10.9 Å². The van der Waals surface area contributed by atoms with Crippen LogP contribution in [0.3, 0.4) is 0 Å². The van der Waals surface area contributed by atoms with Crippen LogP contribution in [0.5, 0.6) is 0 Å². The van der Waals surface area contributed by atoms with Gasteiger partial charge in [-0.3, -0.25) is 14.4 Å². The molecule has 1 spiro atoms. The van der Waals surface area contributed by atoms with Crippen molar-refractivity contribution in [1.82, 2.24) is 20.0 Å². The van der Waals surface area contributed by atoms with Gasteiger partial charge in [-0.25, -0.2) is 0 Å². The van der Waals surface area contributed by atoms with Crippen LogP contribution in [-0.4, -0.2) is 39.2 Å². The Morgan fingerprint density at radius 3 is 3.00 bits per heavy atom. The molecule has 0 bridgehead atoms. The maximum atomic E-state index is 12.6. The van der Waals surface area contributed by atoms with Crippen molar-refractivity contribution < 1.29 is 4.79 Å². The summed E-state index contributed by atoms with van der Waals surface area (Å²) in [4.78, 5) is 14.9. The van der Waals surface area contributed by atoms with Crippen molar-refractivity contribution in [2.75, 3.05) is 13.1 Å². The van der Waals surface area contributed by atoms with E-state index in [9.17, 15) is 4.79 Å². The lowest BCUT2D eigenvalue weighted by Gasteiger charge is -2.39. The highest BCUT2D eigenvalue weighted by Crippen LogP contribution is 2.38. The molecule has 1 N–H and O–H groups in total. The van der Waals surface area contributed by atoms with E-state index < -0.39 is 0 Å². The molecule has 0 aliphatic carbocycles. The summed E-state index contributed by atoms with van der Waals surface area (Å²) in [7, 11) is 1.94. The van der Waals surface area contributed by atoms with Crippen molar-refractivity contribution in [2.45, 2.75) is 37.8 Å².